The van der Waals surface area contributed by atoms with Gasteiger partial charge in [0.05, 0.1) is 31.3 Å². The van der Waals surface area contributed by atoms with Crippen molar-refractivity contribution < 1.29 is 23.5 Å². The van der Waals surface area contributed by atoms with Gasteiger partial charge in [-0.1, -0.05) is 12.1 Å². The van der Waals surface area contributed by atoms with E-state index in [0.717, 1.165) is 16.0 Å². The molecule has 7 heteroatoms. The molecule has 3 rings (SSSR count). The zero-order valence-electron chi connectivity index (χ0n) is 16.0. The minimum atomic E-state index is -0.611. The number of carbonyl (C=O) groups excluding carboxylic acids is 2. The Morgan fingerprint density at radius 2 is 1.50 bits per heavy atom. The summed E-state index contributed by atoms with van der Waals surface area (Å²) in [5.74, 6) is -1.95. The van der Waals surface area contributed by atoms with Gasteiger partial charge in [0.2, 0.25) is 0 Å². The van der Waals surface area contributed by atoms with Gasteiger partial charge in [0.25, 0.3) is 0 Å². The molecule has 0 atom stereocenters. The summed E-state index contributed by atoms with van der Waals surface area (Å²) in [7, 11) is 2.61. The van der Waals surface area contributed by atoms with Gasteiger partial charge in [0, 0.05) is 16.3 Å². The summed E-state index contributed by atoms with van der Waals surface area (Å²) < 4.78 is 23.2. The number of thiophene rings is 1. The highest BCUT2D eigenvalue weighted by molar-refractivity contribution is 7.10. The van der Waals surface area contributed by atoms with Gasteiger partial charge in [0.15, 0.2) is 0 Å². The van der Waals surface area contributed by atoms with Crippen molar-refractivity contribution in [2.45, 2.75) is 19.8 Å². The van der Waals surface area contributed by atoms with E-state index in [1.807, 2.05) is 11.4 Å². The summed E-state index contributed by atoms with van der Waals surface area (Å²) in [5, 5.41) is 4.99. The minimum Gasteiger partial charge on any atom is -0.466 e. The van der Waals surface area contributed by atoms with Crippen LogP contribution < -0.4 is 5.32 Å². The molecule has 0 spiro atoms. The summed E-state index contributed by atoms with van der Waals surface area (Å²) in [6.07, 6.45) is 0. The van der Waals surface area contributed by atoms with Crippen molar-refractivity contribution in [2.24, 2.45) is 0 Å². The molecule has 0 radical (unpaired) electrons. The zero-order chi connectivity index (χ0) is 20.4. The van der Waals surface area contributed by atoms with Gasteiger partial charge in [-0.25, -0.2) is 14.0 Å². The summed E-state index contributed by atoms with van der Waals surface area (Å²) >= 11 is 1.42. The standard InChI is InChI=1S/C21H20FNO4S/c1-11-17(20(24)26-3)19(18(12(2)23-11)21(25)27-4)16-9-14(10-28-16)13-5-7-15(22)8-6-13/h5-10,19,23H,1-4H3. The molecule has 2 heterocycles. The highest BCUT2D eigenvalue weighted by Gasteiger charge is 2.38. The Labute approximate surface area is 166 Å². The number of hydrogen-bond acceptors (Lipinski definition) is 6. The van der Waals surface area contributed by atoms with Crippen LogP contribution in [0.1, 0.15) is 24.6 Å². The fourth-order valence-corrected chi connectivity index (χ4v) is 4.37. The van der Waals surface area contributed by atoms with Crippen LogP contribution in [0.5, 0.6) is 0 Å². The van der Waals surface area contributed by atoms with Crippen LogP contribution in [0.3, 0.4) is 0 Å². The van der Waals surface area contributed by atoms with Crippen LogP contribution in [-0.2, 0) is 19.1 Å². The van der Waals surface area contributed by atoms with Gasteiger partial charge in [-0.3, -0.25) is 0 Å². The van der Waals surface area contributed by atoms with Gasteiger partial charge < -0.3 is 14.8 Å². The second kappa shape index (κ2) is 7.98. The first-order valence-corrected chi connectivity index (χ1v) is 9.44. The Balaban J connectivity index is 2.13. The Morgan fingerprint density at radius 3 is 2.00 bits per heavy atom. The van der Waals surface area contributed by atoms with E-state index in [1.54, 1.807) is 26.0 Å². The van der Waals surface area contributed by atoms with Crippen molar-refractivity contribution in [1.29, 1.82) is 0 Å². The Morgan fingerprint density at radius 1 is 0.964 bits per heavy atom. The smallest absolute Gasteiger partial charge is 0.336 e. The first-order chi connectivity index (χ1) is 13.4. The molecule has 0 amide bonds. The topological polar surface area (TPSA) is 64.6 Å². The monoisotopic (exact) mass is 401 g/mol. The molecule has 28 heavy (non-hydrogen) atoms. The molecule has 146 valence electrons. The van der Waals surface area contributed by atoms with E-state index in [1.165, 1.54) is 37.7 Å². The number of allylic oxidation sites excluding steroid dienone is 2. The predicted octanol–water partition coefficient (Wildman–Crippen LogP) is 4.14. The van der Waals surface area contributed by atoms with Gasteiger partial charge in [0.1, 0.15) is 5.82 Å². The van der Waals surface area contributed by atoms with Crippen LogP contribution >= 0.6 is 11.3 Å². The van der Waals surface area contributed by atoms with Gasteiger partial charge >= 0.3 is 11.9 Å². The summed E-state index contributed by atoms with van der Waals surface area (Å²) in [6.45, 7) is 3.54. The SMILES string of the molecule is COC(=O)C1=C(C)NC(C)=C(C(=O)OC)C1c1cc(-c2ccc(F)cc2)cs1. The molecule has 0 aliphatic carbocycles. The van der Waals surface area contributed by atoms with Gasteiger partial charge in [-0.05, 0) is 48.6 Å². The van der Waals surface area contributed by atoms with Crippen LogP contribution in [0.25, 0.3) is 11.1 Å². The molecular formula is C21H20FNO4S. The number of nitrogens with one attached hydrogen (secondary N) is 1. The lowest BCUT2D eigenvalue weighted by atomic mass is 9.84. The second-order valence-corrected chi connectivity index (χ2v) is 7.31. The molecule has 0 saturated carbocycles. The fraction of sp³-hybridized carbons (Fsp3) is 0.238. The number of carbonyl (C=O) groups is 2. The average molecular weight is 401 g/mol. The molecule has 0 unspecified atom stereocenters. The van der Waals surface area contributed by atoms with Crippen LogP contribution in [0.4, 0.5) is 4.39 Å². The first-order valence-electron chi connectivity index (χ1n) is 8.57. The van der Waals surface area contributed by atoms with Crippen molar-refractivity contribution in [3.63, 3.8) is 0 Å². The maximum absolute atomic E-state index is 13.2. The van der Waals surface area contributed by atoms with E-state index >= 15 is 0 Å². The summed E-state index contributed by atoms with van der Waals surface area (Å²) in [5.41, 5.74) is 3.69. The molecule has 0 bridgehead atoms. The zero-order valence-corrected chi connectivity index (χ0v) is 16.8. The first kappa shape index (κ1) is 19.8. The largest absolute Gasteiger partial charge is 0.466 e. The number of benzene rings is 1. The third kappa shape index (κ3) is 3.57. The van der Waals surface area contributed by atoms with Gasteiger partial charge in [-0.15, -0.1) is 11.3 Å². The van der Waals surface area contributed by atoms with Crippen molar-refractivity contribution >= 4 is 23.3 Å². The van der Waals surface area contributed by atoms with Crippen LogP contribution in [-0.4, -0.2) is 26.2 Å². The molecule has 1 aromatic carbocycles. The number of dihydropyridines is 1. The quantitative estimate of drug-likeness (QED) is 0.781. The Hall–Kier alpha value is -2.93. The van der Waals surface area contributed by atoms with Crippen LogP contribution in [0.2, 0.25) is 0 Å². The van der Waals surface area contributed by atoms with Crippen molar-refractivity contribution in [3.05, 3.63) is 68.9 Å². The number of halogens is 1. The van der Waals surface area contributed by atoms with Crippen molar-refractivity contribution in [1.82, 2.24) is 5.32 Å². The van der Waals surface area contributed by atoms with Crippen LogP contribution in [0, 0.1) is 5.82 Å². The molecule has 1 aromatic heterocycles. The second-order valence-electron chi connectivity index (χ2n) is 6.36. The van der Waals surface area contributed by atoms with E-state index in [9.17, 15) is 14.0 Å². The lowest BCUT2D eigenvalue weighted by Gasteiger charge is -2.29. The average Bonchev–Trinajstić information content (AvgIpc) is 3.16. The number of ether oxygens (including phenoxy) is 2. The molecule has 0 fully saturated rings. The third-order valence-electron chi connectivity index (χ3n) is 4.65. The number of rotatable bonds is 4. The molecule has 5 nitrogen and oxygen atoms in total. The molecule has 2 aromatic rings. The normalized spacial score (nSPS) is 14.8. The molecule has 1 N–H and O–H groups in total. The molecular weight excluding hydrogens is 381 g/mol. The van der Waals surface area contributed by atoms with Crippen molar-refractivity contribution in [3.8, 4) is 11.1 Å². The number of esters is 2. The lowest BCUT2D eigenvalue weighted by Crippen LogP contribution is -2.31. The predicted molar refractivity (Wildman–Crippen MR) is 105 cm³/mol. The maximum Gasteiger partial charge on any atom is 0.336 e. The third-order valence-corrected chi connectivity index (χ3v) is 5.65. The molecule has 1 aliphatic rings. The Kier molecular flexibility index (Phi) is 5.65. The minimum absolute atomic E-state index is 0.310. The van der Waals surface area contributed by atoms with E-state index in [0.29, 0.717) is 22.5 Å². The van der Waals surface area contributed by atoms with Gasteiger partial charge in [-0.2, -0.15) is 0 Å². The fourth-order valence-electron chi connectivity index (χ4n) is 3.34. The highest BCUT2D eigenvalue weighted by atomic mass is 32.1. The summed E-state index contributed by atoms with van der Waals surface area (Å²) in [6, 6.07) is 8.07. The van der Waals surface area contributed by atoms with Crippen molar-refractivity contribution in [2.75, 3.05) is 14.2 Å². The van der Waals surface area contributed by atoms with Crippen LogP contribution in [0.15, 0.2) is 58.3 Å². The van der Waals surface area contributed by atoms with E-state index in [-0.39, 0.29) is 5.82 Å². The number of methoxy groups -OCH3 is 2. The van der Waals surface area contributed by atoms with E-state index in [2.05, 4.69) is 5.32 Å². The molecule has 1 aliphatic heterocycles. The maximum atomic E-state index is 13.2. The molecule has 0 saturated heterocycles. The highest BCUT2D eigenvalue weighted by Crippen LogP contribution is 2.42. The van der Waals surface area contributed by atoms with E-state index < -0.39 is 17.9 Å². The Bertz CT molecular complexity index is 950. The van der Waals surface area contributed by atoms with E-state index in [4.69, 9.17) is 9.47 Å². The lowest BCUT2D eigenvalue weighted by molar-refractivity contribution is -0.137. The number of hydrogen-bond donors (Lipinski definition) is 1. The summed E-state index contributed by atoms with van der Waals surface area (Å²) in [4.78, 5) is 25.8.